The number of alkyl halides is 3. The Labute approximate surface area is 222 Å². The van der Waals surface area contributed by atoms with Gasteiger partial charge in [0.2, 0.25) is 5.91 Å². The molecule has 1 aliphatic carbocycles. The van der Waals surface area contributed by atoms with Crippen LogP contribution in [0.3, 0.4) is 0 Å². The first-order valence-corrected chi connectivity index (χ1v) is 13.3. The van der Waals surface area contributed by atoms with E-state index in [1.165, 1.54) is 6.07 Å². The third-order valence-corrected chi connectivity index (χ3v) is 7.97. The number of furan rings is 1. The van der Waals surface area contributed by atoms with Gasteiger partial charge in [0.1, 0.15) is 11.4 Å². The van der Waals surface area contributed by atoms with Crippen LogP contribution >= 0.6 is 0 Å². The molecule has 1 unspecified atom stereocenters. The van der Waals surface area contributed by atoms with Gasteiger partial charge in [-0.3, -0.25) is 4.79 Å². The Bertz CT molecular complexity index is 1700. The molecular formula is C31H26F3N3O2. The maximum Gasteiger partial charge on any atom is 0.418 e. The molecule has 1 aliphatic heterocycles. The van der Waals surface area contributed by atoms with E-state index in [0.717, 1.165) is 53.0 Å². The molecular weight excluding hydrogens is 503 g/mol. The van der Waals surface area contributed by atoms with Crippen LogP contribution in [0.1, 0.15) is 24.8 Å². The van der Waals surface area contributed by atoms with Gasteiger partial charge in [0.05, 0.1) is 22.9 Å². The minimum atomic E-state index is -4.51. The van der Waals surface area contributed by atoms with Gasteiger partial charge in [-0.05, 0) is 66.6 Å². The molecule has 3 heterocycles. The molecule has 0 radical (unpaired) electrons. The lowest BCUT2D eigenvalue weighted by atomic mass is 10.0. The summed E-state index contributed by atoms with van der Waals surface area (Å²) in [4.78, 5) is 19.2. The fraction of sp³-hybridized carbons (Fsp3) is 0.290. The summed E-state index contributed by atoms with van der Waals surface area (Å²) in [5.41, 5.74) is 3.30. The van der Waals surface area contributed by atoms with Crippen LogP contribution in [0.5, 0.6) is 0 Å². The van der Waals surface area contributed by atoms with E-state index in [1.807, 2.05) is 53.4 Å². The first kappa shape index (κ1) is 24.0. The zero-order chi connectivity index (χ0) is 26.7. The fourth-order valence-corrected chi connectivity index (χ4v) is 5.80. The Morgan fingerprint density at radius 3 is 2.49 bits per heavy atom. The van der Waals surface area contributed by atoms with Gasteiger partial charge in [-0.1, -0.05) is 36.4 Å². The van der Waals surface area contributed by atoms with Crippen molar-refractivity contribution in [3.63, 3.8) is 0 Å². The number of para-hydroxylation sites is 1. The van der Waals surface area contributed by atoms with Crippen LogP contribution in [-0.2, 0) is 17.5 Å². The van der Waals surface area contributed by atoms with Crippen LogP contribution in [0.15, 0.2) is 77.4 Å². The maximum atomic E-state index is 14.1. The average Bonchev–Trinajstić information content (AvgIpc) is 3.32. The van der Waals surface area contributed by atoms with Crippen molar-refractivity contribution in [2.75, 3.05) is 13.1 Å². The summed E-state index contributed by atoms with van der Waals surface area (Å²) in [6.07, 6.45) is -0.202. The summed E-state index contributed by atoms with van der Waals surface area (Å²) in [6.45, 7) is 1.59. The van der Waals surface area contributed by atoms with Gasteiger partial charge in [-0.15, -0.1) is 0 Å². The number of carbonyl (C=O) groups excluding carboxylic acids is 1. The predicted molar refractivity (Wildman–Crippen MR) is 143 cm³/mol. The summed E-state index contributed by atoms with van der Waals surface area (Å²) in [6, 6.07) is 19.8. The Hall–Kier alpha value is -4.07. The van der Waals surface area contributed by atoms with Crippen molar-refractivity contribution in [2.24, 2.45) is 11.8 Å². The number of halogens is 3. The van der Waals surface area contributed by atoms with Gasteiger partial charge >= 0.3 is 6.18 Å². The second-order valence-electron chi connectivity index (χ2n) is 10.7. The lowest BCUT2D eigenvalue weighted by molar-refractivity contribution is -0.136. The molecule has 39 heavy (non-hydrogen) atoms. The number of likely N-dealkylation sites (tertiary alicyclic amines) is 1. The van der Waals surface area contributed by atoms with Crippen LogP contribution in [0.2, 0.25) is 0 Å². The number of amides is 1. The Kier molecular flexibility index (Phi) is 5.54. The zero-order valence-corrected chi connectivity index (χ0v) is 21.1. The molecule has 0 bridgehead atoms. The van der Waals surface area contributed by atoms with Crippen LogP contribution in [-0.4, -0.2) is 33.4 Å². The Balaban J connectivity index is 1.27. The predicted octanol–water partition coefficient (Wildman–Crippen LogP) is 7.39. The summed E-state index contributed by atoms with van der Waals surface area (Å²) < 4.78 is 49.5. The minimum Gasteiger partial charge on any atom is -0.464 e. The van der Waals surface area contributed by atoms with Gasteiger partial charge < -0.3 is 13.9 Å². The number of nitrogens with zero attached hydrogens (tertiary/aromatic N) is 3. The quantitative estimate of drug-likeness (QED) is 0.239. The molecule has 1 amide bonds. The third-order valence-electron chi connectivity index (χ3n) is 7.97. The van der Waals surface area contributed by atoms with Crippen molar-refractivity contribution in [3.8, 4) is 22.5 Å². The highest BCUT2D eigenvalue weighted by Gasteiger charge is 2.38. The standard InChI is InChI=1S/C31H26F3N3O2/c32-31(33,34)25-2-1-3-26-28(25)37(18-19-12-14-36(17-19)30(38)22-8-9-22)29(35-26)21-6-4-20(5-7-21)23-10-11-27-24(16-23)13-15-39-27/h1-7,10-11,13,15-16,19,22H,8-9,12,14,17-18H2. The van der Waals surface area contributed by atoms with Crippen LogP contribution in [0.25, 0.3) is 44.5 Å². The number of fused-ring (bicyclic) bond motifs is 2. The summed E-state index contributed by atoms with van der Waals surface area (Å²) >= 11 is 0. The molecule has 5 nitrogen and oxygen atoms in total. The number of hydrogen-bond donors (Lipinski definition) is 0. The topological polar surface area (TPSA) is 51.3 Å². The molecule has 3 aromatic carbocycles. The van der Waals surface area contributed by atoms with Gasteiger partial charge in [-0.25, -0.2) is 4.98 Å². The Morgan fingerprint density at radius 2 is 1.72 bits per heavy atom. The van der Waals surface area contributed by atoms with E-state index in [1.54, 1.807) is 16.9 Å². The van der Waals surface area contributed by atoms with E-state index < -0.39 is 11.7 Å². The molecule has 2 aromatic heterocycles. The lowest BCUT2D eigenvalue weighted by Crippen LogP contribution is -2.30. The number of hydrogen-bond acceptors (Lipinski definition) is 3. The largest absolute Gasteiger partial charge is 0.464 e. The number of imidazole rings is 1. The molecule has 1 saturated heterocycles. The number of carbonyl (C=O) groups is 1. The van der Waals surface area contributed by atoms with Gasteiger partial charge in [-0.2, -0.15) is 13.2 Å². The van der Waals surface area contributed by atoms with Crippen LogP contribution < -0.4 is 0 Å². The Morgan fingerprint density at radius 1 is 0.949 bits per heavy atom. The SMILES string of the molecule is O=C(C1CC1)N1CCC(Cn2c(-c3ccc(-c4ccc5occc5c4)cc3)nc3cccc(C(F)(F)F)c32)C1. The summed E-state index contributed by atoms with van der Waals surface area (Å²) in [5, 5.41) is 1.00. The second kappa shape index (κ2) is 9.00. The molecule has 1 saturated carbocycles. The molecule has 5 aromatic rings. The zero-order valence-electron chi connectivity index (χ0n) is 21.1. The van der Waals surface area contributed by atoms with Crippen LogP contribution in [0.4, 0.5) is 13.2 Å². The van der Waals surface area contributed by atoms with Gasteiger partial charge in [0, 0.05) is 36.5 Å². The monoisotopic (exact) mass is 529 g/mol. The third kappa shape index (κ3) is 4.37. The van der Waals surface area contributed by atoms with E-state index in [0.29, 0.717) is 31.0 Å². The highest BCUT2D eigenvalue weighted by Crippen LogP contribution is 2.39. The number of rotatable bonds is 5. The molecule has 198 valence electrons. The van der Waals surface area contributed by atoms with Crippen molar-refractivity contribution >= 4 is 27.9 Å². The normalized spacial score (nSPS) is 17.9. The fourth-order valence-electron chi connectivity index (χ4n) is 5.80. The van der Waals surface area contributed by atoms with Crippen LogP contribution in [0, 0.1) is 11.8 Å². The van der Waals surface area contributed by atoms with E-state index in [2.05, 4.69) is 0 Å². The number of aromatic nitrogens is 2. The molecule has 0 spiro atoms. The molecule has 2 fully saturated rings. The molecule has 0 N–H and O–H groups in total. The first-order valence-electron chi connectivity index (χ1n) is 13.3. The smallest absolute Gasteiger partial charge is 0.418 e. The van der Waals surface area contributed by atoms with Crippen molar-refractivity contribution in [1.29, 1.82) is 0 Å². The first-order chi connectivity index (χ1) is 18.8. The van der Waals surface area contributed by atoms with E-state index >= 15 is 0 Å². The van der Waals surface area contributed by atoms with E-state index in [-0.39, 0.29) is 23.3 Å². The highest BCUT2D eigenvalue weighted by atomic mass is 19.4. The molecule has 2 aliphatic rings. The van der Waals surface area contributed by atoms with Crippen molar-refractivity contribution in [3.05, 3.63) is 78.6 Å². The lowest BCUT2D eigenvalue weighted by Gasteiger charge is -2.19. The summed E-state index contributed by atoms with van der Waals surface area (Å²) in [5.74, 6) is 0.892. The van der Waals surface area contributed by atoms with E-state index in [4.69, 9.17) is 9.40 Å². The van der Waals surface area contributed by atoms with Gasteiger partial charge in [0.15, 0.2) is 0 Å². The summed E-state index contributed by atoms with van der Waals surface area (Å²) in [7, 11) is 0. The maximum absolute atomic E-state index is 14.1. The van der Waals surface area contributed by atoms with Crippen molar-refractivity contribution < 1.29 is 22.4 Å². The second-order valence-corrected chi connectivity index (χ2v) is 10.7. The molecule has 7 rings (SSSR count). The minimum absolute atomic E-state index is 0.0612. The number of benzene rings is 3. The van der Waals surface area contributed by atoms with Gasteiger partial charge in [0.25, 0.3) is 0 Å². The van der Waals surface area contributed by atoms with Crippen molar-refractivity contribution in [1.82, 2.24) is 14.5 Å². The average molecular weight is 530 g/mol. The highest BCUT2D eigenvalue weighted by molar-refractivity contribution is 5.86. The molecule has 1 atom stereocenters. The molecule has 8 heteroatoms. The van der Waals surface area contributed by atoms with E-state index in [9.17, 15) is 18.0 Å². The van der Waals surface area contributed by atoms with Crippen molar-refractivity contribution in [2.45, 2.75) is 32.0 Å².